The third-order valence-electron chi connectivity index (χ3n) is 3.58. The summed E-state index contributed by atoms with van der Waals surface area (Å²) in [6, 6.07) is 17.5. The van der Waals surface area contributed by atoms with Gasteiger partial charge in [-0.05, 0) is 23.6 Å². The minimum atomic E-state index is -0.0437. The van der Waals surface area contributed by atoms with Crippen LogP contribution in [0.25, 0.3) is 10.8 Å². The number of hydrogen-bond donors (Lipinski definition) is 0. The molecule has 102 valence electrons. The van der Waals surface area contributed by atoms with E-state index in [0.717, 1.165) is 16.5 Å². The summed E-state index contributed by atoms with van der Waals surface area (Å²) in [4.78, 5) is 12.3. The van der Waals surface area contributed by atoms with Crippen LogP contribution in [0.2, 0.25) is 0 Å². The number of benzene rings is 2. The van der Waals surface area contributed by atoms with Crippen molar-refractivity contribution in [2.24, 2.45) is 5.10 Å². The van der Waals surface area contributed by atoms with E-state index in [1.165, 1.54) is 5.01 Å². The van der Waals surface area contributed by atoms with Crippen molar-refractivity contribution < 1.29 is 9.21 Å². The molecule has 2 heterocycles. The largest absolute Gasteiger partial charge is 0.463 e. The van der Waals surface area contributed by atoms with E-state index >= 15 is 0 Å². The van der Waals surface area contributed by atoms with Crippen LogP contribution >= 0.6 is 0 Å². The molecule has 0 bridgehead atoms. The normalized spacial score (nSPS) is 14.8. The summed E-state index contributed by atoms with van der Waals surface area (Å²) in [6.07, 6.45) is 1.85. The van der Waals surface area contributed by atoms with Crippen molar-refractivity contribution in [3.05, 3.63) is 66.6 Å². The average molecular weight is 276 g/mol. The van der Waals surface area contributed by atoms with Gasteiger partial charge in [-0.1, -0.05) is 36.4 Å². The third kappa shape index (κ3) is 1.92. The molecule has 21 heavy (non-hydrogen) atoms. The number of hydrazone groups is 1. The predicted molar refractivity (Wildman–Crippen MR) is 81.3 cm³/mol. The van der Waals surface area contributed by atoms with Crippen LogP contribution in [0.1, 0.15) is 12.2 Å². The van der Waals surface area contributed by atoms with Crippen molar-refractivity contribution in [3.8, 4) is 0 Å². The molecule has 1 aliphatic rings. The minimum absolute atomic E-state index is 0.0437. The second-order valence-corrected chi connectivity index (χ2v) is 4.90. The first-order valence-electron chi connectivity index (χ1n) is 6.75. The van der Waals surface area contributed by atoms with E-state index in [9.17, 15) is 4.79 Å². The molecule has 0 spiro atoms. The summed E-state index contributed by atoms with van der Waals surface area (Å²) in [5, 5.41) is 8.01. The molecule has 0 fully saturated rings. The Bertz CT molecular complexity index is 845. The van der Waals surface area contributed by atoms with Crippen LogP contribution < -0.4 is 5.01 Å². The SMILES string of the molecule is O=C1CC(c2ccco2)=NN1c1cccc2ccccc12. The van der Waals surface area contributed by atoms with Crippen LogP contribution in [0.15, 0.2) is 70.4 Å². The molecule has 4 heteroatoms. The van der Waals surface area contributed by atoms with Crippen LogP contribution in [-0.2, 0) is 4.79 Å². The standard InChI is InChI=1S/C17H12N2O2/c20-17-11-14(16-9-4-10-21-16)18-19(17)15-8-3-6-12-5-1-2-7-13(12)15/h1-10H,11H2. The second-order valence-electron chi connectivity index (χ2n) is 4.90. The number of carbonyl (C=O) groups excluding carboxylic acids is 1. The van der Waals surface area contributed by atoms with Gasteiger partial charge in [-0.2, -0.15) is 10.1 Å². The zero-order valence-electron chi connectivity index (χ0n) is 11.2. The average Bonchev–Trinajstić information content (AvgIpc) is 3.16. The summed E-state index contributed by atoms with van der Waals surface area (Å²) in [7, 11) is 0. The minimum Gasteiger partial charge on any atom is -0.463 e. The highest BCUT2D eigenvalue weighted by Crippen LogP contribution is 2.30. The van der Waals surface area contributed by atoms with Crippen molar-refractivity contribution in [1.29, 1.82) is 0 Å². The van der Waals surface area contributed by atoms with Gasteiger partial charge in [-0.15, -0.1) is 0 Å². The van der Waals surface area contributed by atoms with Crippen LogP contribution in [0.3, 0.4) is 0 Å². The number of rotatable bonds is 2. The lowest BCUT2D eigenvalue weighted by atomic mass is 10.1. The molecule has 1 aromatic heterocycles. The molecule has 1 amide bonds. The molecule has 0 saturated carbocycles. The van der Waals surface area contributed by atoms with Gasteiger partial charge in [-0.3, -0.25) is 4.79 Å². The van der Waals surface area contributed by atoms with Crippen LogP contribution in [0.4, 0.5) is 5.69 Å². The zero-order chi connectivity index (χ0) is 14.2. The fourth-order valence-corrected chi connectivity index (χ4v) is 2.59. The van der Waals surface area contributed by atoms with Crippen molar-refractivity contribution in [1.82, 2.24) is 0 Å². The van der Waals surface area contributed by atoms with Gasteiger partial charge in [0.1, 0.15) is 11.5 Å². The van der Waals surface area contributed by atoms with E-state index in [-0.39, 0.29) is 12.3 Å². The Morgan fingerprint density at radius 3 is 2.71 bits per heavy atom. The topological polar surface area (TPSA) is 45.8 Å². The van der Waals surface area contributed by atoms with Crippen LogP contribution in [0, 0.1) is 0 Å². The highest BCUT2D eigenvalue weighted by molar-refractivity contribution is 6.19. The first kappa shape index (κ1) is 11.9. The van der Waals surface area contributed by atoms with Gasteiger partial charge in [0.15, 0.2) is 0 Å². The fourth-order valence-electron chi connectivity index (χ4n) is 2.59. The van der Waals surface area contributed by atoms with Crippen molar-refractivity contribution in [3.63, 3.8) is 0 Å². The van der Waals surface area contributed by atoms with Crippen molar-refractivity contribution in [2.75, 3.05) is 5.01 Å². The molecular weight excluding hydrogens is 264 g/mol. The number of anilines is 1. The quantitative estimate of drug-likeness (QED) is 0.718. The van der Waals surface area contributed by atoms with Crippen molar-refractivity contribution >= 4 is 28.1 Å². The molecule has 1 aliphatic heterocycles. The zero-order valence-corrected chi connectivity index (χ0v) is 11.2. The molecular formula is C17H12N2O2. The molecule has 4 nitrogen and oxygen atoms in total. The number of furan rings is 1. The molecule has 0 saturated heterocycles. The maximum Gasteiger partial charge on any atom is 0.253 e. The van der Waals surface area contributed by atoms with Gasteiger partial charge in [0.05, 0.1) is 18.4 Å². The molecule has 0 N–H and O–H groups in total. The number of fused-ring (bicyclic) bond motifs is 1. The predicted octanol–water partition coefficient (Wildman–Crippen LogP) is 3.57. The first-order chi connectivity index (χ1) is 10.3. The Labute approximate surface area is 121 Å². The maximum absolute atomic E-state index is 12.3. The molecule has 0 radical (unpaired) electrons. The Morgan fingerprint density at radius 1 is 1.00 bits per heavy atom. The fraction of sp³-hybridized carbons (Fsp3) is 0.0588. The summed E-state index contributed by atoms with van der Waals surface area (Å²) in [5.41, 5.74) is 1.47. The Morgan fingerprint density at radius 2 is 1.86 bits per heavy atom. The highest BCUT2D eigenvalue weighted by Gasteiger charge is 2.28. The lowest BCUT2D eigenvalue weighted by Gasteiger charge is -2.14. The first-order valence-corrected chi connectivity index (χ1v) is 6.75. The molecule has 3 aromatic rings. The van der Waals surface area contributed by atoms with E-state index in [1.807, 2.05) is 48.5 Å². The van der Waals surface area contributed by atoms with E-state index in [0.29, 0.717) is 11.5 Å². The Hall–Kier alpha value is -2.88. The van der Waals surface area contributed by atoms with Gasteiger partial charge in [-0.25, -0.2) is 0 Å². The van der Waals surface area contributed by atoms with E-state index in [1.54, 1.807) is 12.3 Å². The van der Waals surface area contributed by atoms with Gasteiger partial charge in [0, 0.05) is 5.39 Å². The van der Waals surface area contributed by atoms with Gasteiger partial charge in [0.2, 0.25) is 0 Å². The lowest BCUT2D eigenvalue weighted by Crippen LogP contribution is -2.19. The molecule has 4 rings (SSSR count). The third-order valence-corrected chi connectivity index (χ3v) is 3.58. The van der Waals surface area contributed by atoms with E-state index in [4.69, 9.17) is 4.42 Å². The Balaban J connectivity index is 1.83. The van der Waals surface area contributed by atoms with E-state index < -0.39 is 0 Å². The number of hydrogen-bond acceptors (Lipinski definition) is 3. The van der Waals surface area contributed by atoms with Crippen LogP contribution in [-0.4, -0.2) is 11.6 Å². The number of amides is 1. The van der Waals surface area contributed by atoms with Gasteiger partial charge in [0.25, 0.3) is 5.91 Å². The number of carbonyl (C=O) groups is 1. The van der Waals surface area contributed by atoms with E-state index in [2.05, 4.69) is 5.10 Å². The van der Waals surface area contributed by atoms with Crippen molar-refractivity contribution in [2.45, 2.75) is 6.42 Å². The Kier molecular flexibility index (Phi) is 2.60. The maximum atomic E-state index is 12.3. The molecule has 0 aliphatic carbocycles. The summed E-state index contributed by atoms with van der Waals surface area (Å²) < 4.78 is 5.33. The van der Waals surface area contributed by atoms with Gasteiger partial charge < -0.3 is 4.42 Å². The summed E-state index contributed by atoms with van der Waals surface area (Å²) >= 11 is 0. The monoisotopic (exact) mass is 276 g/mol. The summed E-state index contributed by atoms with van der Waals surface area (Å²) in [6.45, 7) is 0. The number of nitrogens with zero attached hydrogens (tertiary/aromatic N) is 2. The molecule has 0 unspecified atom stereocenters. The lowest BCUT2D eigenvalue weighted by molar-refractivity contribution is -0.116. The van der Waals surface area contributed by atoms with Gasteiger partial charge >= 0.3 is 0 Å². The molecule has 2 aromatic carbocycles. The molecule has 0 atom stereocenters. The van der Waals surface area contributed by atoms with Crippen LogP contribution in [0.5, 0.6) is 0 Å². The highest BCUT2D eigenvalue weighted by atomic mass is 16.3. The second kappa shape index (κ2) is 4.59. The summed E-state index contributed by atoms with van der Waals surface area (Å²) in [5.74, 6) is 0.601. The smallest absolute Gasteiger partial charge is 0.253 e.